The number of ether oxygens (including phenoxy) is 2. The van der Waals surface area contributed by atoms with Crippen LogP contribution >= 0.6 is 0 Å². The van der Waals surface area contributed by atoms with Crippen LogP contribution in [0.2, 0.25) is 0 Å². The predicted octanol–water partition coefficient (Wildman–Crippen LogP) is 5.79. The van der Waals surface area contributed by atoms with Crippen LogP contribution in [0.3, 0.4) is 0 Å². The normalized spacial score (nSPS) is 13.8. The minimum absolute atomic E-state index is 0.261. The molecule has 0 atom stereocenters. The van der Waals surface area contributed by atoms with Gasteiger partial charge in [-0.15, -0.1) is 0 Å². The van der Waals surface area contributed by atoms with E-state index in [0.717, 1.165) is 11.1 Å². The Morgan fingerprint density at radius 2 is 1.50 bits per heavy atom. The van der Waals surface area contributed by atoms with Crippen molar-refractivity contribution in [2.45, 2.75) is 0 Å². The first kappa shape index (κ1) is 24.5. The molecule has 4 aromatic carbocycles. The fourth-order valence-corrected chi connectivity index (χ4v) is 4.11. The van der Waals surface area contributed by atoms with Gasteiger partial charge in [-0.25, -0.2) is 4.99 Å². The molecule has 38 heavy (non-hydrogen) atoms. The number of aliphatic imine (C=N–C) groups is 1. The number of hydrogen-bond donors (Lipinski definition) is 1. The van der Waals surface area contributed by atoms with E-state index in [0.29, 0.717) is 34.3 Å². The fraction of sp³-hybridized carbons (Fsp3) is 0.0645. The van der Waals surface area contributed by atoms with E-state index in [9.17, 15) is 9.59 Å². The molecule has 0 aromatic heterocycles. The lowest BCUT2D eigenvalue weighted by molar-refractivity contribution is -0.113. The Bertz CT molecular complexity index is 1530. The van der Waals surface area contributed by atoms with Crippen molar-refractivity contribution in [1.82, 2.24) is 0 Å². The first-order valence-electron chi connectivity index (χ1n) is 12.0. The number of amides is 2. The summed E-state index contributed by atoms with van der Waals surface area (Å²) in [7, 11) is 3.18. The van der Waals surface area contributed by atoms with Gasteiger partial charge in [0.2, 0.25) is 0 Å². The second-order valence-corrected chi connectivity index (χ2v) is 8.44. The summed E-state index contributed by atoms with van der Waals surface area (Å²) in [6.07, 6.45) is 1.72. The van der Waals surface area contributed by atoms with Crippen LogP contribution in [0.1, 0.15) is 21.5 Å². The van der Waals surface area contributed by atoms with Crippen molar-refractivity contribution in [3.05, 3.63) is 126 Å². The summed E-state index contributed by atoms with van der Waals surface area (Å²) in [5.74, 6) is 1.33. The molecule has 4 aromatic rings. The molecule has 1 heterocycles. The average Bonchev–Trinajstić information content (AvgIpc) is 3.29. The molecule has 0 aliphatic carbocycles. The first-order valence-corrected chi connectivity index (χ1v) is 12.0. The van der Waals surface area contributed by atoms with Gasteiger partial charge in [0.1, 0.15) is 23.0 Å². The number of nitrogens with one attached hydrogen (secondary N) is 1. The Morgan fingerprint density at radius 1 is 0.816 bits per heavy atom. The maximum absolute atomic E-state index is 13.6. The lowest BCUT2D eigenvalue weighted by Crippen LogP contribution is -2.32. The van der Waals surface area contributed by atoms with E-state index in [2.05, 4.69) is 5.32 Å². The van der Waals surface area contributed by atoms with Gasteiger partial charge < -0.3 is 14.8 Å². The highest BCUT2D eigenvalue weighted by Gasteiger charge is 2.32. The first-order chi connectivity index (χ1) is 18.6. The van der Waals surface area contributed by atoms with E-state index < -0.39 is 0 Å². The summed E-state index contributed by atoms with van der Waals surface area (Å²) in [5, 5.41) is 2.87. The number of anilines is 2. The molecule has 1 aliphatic heterocycles. The van der Waals surface area contributed by atoms with Crippen LogP contribution in [-0.4, -0.2) is 31.9 Å². The van der Waals surface area contributed by atoms with Gasteiger partial charge in [-0.05, 0) is 60.7 Å². The van der Waals surface area contributed by atoms with Crippen LogP contribution in [-0.2, 0) is 4.79 Å². The Balaban J connectivity index is 1.44. The molecule has 1 N–H and O–H groups in total. The predicted molar refractivity (Wildman–Crippen MR) is 149 cm³/mol. The van der Waals surface area contributed by atoms with Crippen molar-refractivity contribution in [2.24, 2.45) is 4.99 Å². The number of amidine groups is 1. The van der Waals surface area contributed by atoms with Crippen molar-refractivity contribution >= 4 is 35.1 Å². The van der Waals surface area contributed by atoms with E-state index in [4.69, 9.17) is 14.5 Å². The van der Waals surface area contributed by atoms with E-state index in [1.54, 1.807) is 73.7 Å². The number of nitrogens with zero attached hydrogens (tertiary/aromatic N) is 2. The summed E-state index contributed by atoms with van der Waals surface area (Å²) >= 11 is 0. The maximum Gasteiger partial charge on any atom is 0.282 e. The third-order valence-electron chi connectivity index (χ3n) is 6.06. The second kappa shape index (κ2) is 10.8. The Hall–Kier alpha value is -5.17. The molecular formula is C31H25N3O4. The van der Waals surface area contributed by atoms with Gasteiger partial charge in [0.15, 0.2) is 0 Å². The highest BCUT2D eigenvalue weighted by molar-refractivity contribution is 6.33. The summed E-state index contributed by atoms with van der Waals surface area (Å²) in [4.78, 5) is 32.7. The lowest BCUT2D eigenvalue weighted by Gasteiger charge is -2.19. The standard InChI is InChI=1S/C31H25N3O4/c1-37-26-18-14-24(15-19-26)32-30(35)22-12-16-25(17-13-22)34-29(21-8-4-3-5-9-21)33-27(31(34)36)20-23-10-6-7-11-28(23)38-2/h3-20H,1-2H3,(H,32,35)/b27-20-. The molecule has 188 valence electrons. The molecule has 2 amide bonds. The average molecular weight is 504 g/mol. The molecule has 0 fully saturated rings. The molecule has 7 heteroatoms. The number of rotatable bonds is 7. The van der Waals surface area contributed by atoms with Crippen molar-refractivity contribution in [3.63, 3.8) is 0 Å². The Kier molecular flexibility index (Phi) is 6.99. The highest BCUT2D eigenvalue weighted by atomic mass is 16.5. The third-order valence-corrected chi connectivity index (χ3v) is 6.06. The molecule has 5 rings (SSSR count). The van der Waals surface area contributed by atoms with Crippen molar-refractivity contribution in [1.29, 1.82) is 0 Å². The third kappa shape index (κ3) is 5.03. The van der Waals surface area contributed by atoms with Gasteiger partial charge in [0.05, 0.1) is 19.9 Å². The lowest BCUT2D eigenvalue weighted by atomic mass is 10.1. The summed E-state index contributed by atoms with van der Waals surface area (Å²) < 4.78 is 10.6. The zero-order valence-electron chi connectivity index (χ0n) is 20.9. The maximum atomic E-state index is 13.6. The number of benzene rings is 4. The van der Waals surface area contributed by atoms with Crippen LogP contribution in [0.15, 0.2) is 114 Å². The fourth-order valence-electron chi connectivity index (χ4n) is 4.11. The second-order valence-electron chi connectivity index (χ2n) is 8.44. The van der Waals surface area contributed by atoms with E-state index >= 15 is 0 Å². The smallest absolute Gasteiger partial charge is 0.282 e. The Labute approximate surface area is 220 Å². The van der Waals surface area contributed by atoms with Gasteiger partial charge in [-0.1, -0.05) is 48.5 Å². The van der Waals surface area contributed by atoms with Gasteiger partial charge in [0, 0.05) is 22.4 Å². The molecule has 0 saturated heterocycles. The number of methoxy groups -OCH3 is 2. The molecule has 0 saturated carbocycles. The topological polar surface area (TPSA) is 80.2 Å². The molecule has 0 bridgehead atoms. The largest absolute Gasteiger partial charge is 0.497 e. The molecule has 0 spiro atoms. The Morgan fingerprint density at radius 3 is 2.18 bits per heavy atom. The van der Waals surface area contributed by atoms with Gasteiger partial charge in [-0.3, -0.25) is 14.5 Å². The summed E-state index contributed by atoms with van der Waals surface area (Å²) in [6.45, 7) is 0. The van der Waals surface area contributed by atoms with Crippen LogP contribution in [0.5, 0.6) is 11.5 Å². The van der Waals surface area contributed by atoms with Crippen molar-refractivity contribution < 1.29 is 19.1 Å². The van der Waals surface area contributed by atoms with Gasteiger partial charge in [0.25, 0.3) is 11.8 Å². The van der Waals surface area contributed by atoms with E-state index in [-0.39, 0.29) is 17.5 Å². The molecule has 0 unspecified atom stereocenters. The minimum Gasteiger partial charge on any atom is -0.497 e. The number of carbonyl (C=O) groups is 2. The summed E-state index contributed by atoms with van der Waals surface area (Å²) in [6, 6.07) is 30.9. The van der Waals surface area contributed by atoms with Crippen molar-refractivity contribution in [3.8, 4) is 11.5 Å². The number of carbonyl (C=O) groups excluding carboxylic acids is 2. The molecule has 7 nitrogen and oxygen atoms in total. The van der Waals surface area contributed by atoms with Crippen LogP contribution in [0, 0.1) is 0 Å². The molecule has 0 radical (unpaired) electrons. The molecule has 1 aliphatic rings. The zero-order valence-corrected chi connectivity index (χ0v) is 20.9. The van der Waals surface area contributed by atoms with Crippen molar-refractivity contribution in [2.75, 3.05) is 24.4 Å². The number of hydrogen-bond acceptors (Lipinski definition) is 5. The molecular weight excluding hydrogens is 478 g/mol. The van der Waals surface area contributed by atoms with Crippen LogP contribution in [0.25, 0.3) is 6.08 Å². The quantitative estimate of drug-likeness (QED) is 0.324. The highest BCUT2D eigenvalue weighted by Crippen LogP contribution is 2.30. The van der Waals surface area contributed by atoms with E-state index in [1.807, 2.05) is 54.6 Å². The van der Waals surface area contributed by atoms with Gasteiger partial charge >= 0.3 is 0 Å². The van der Waals surface area contributed by atoms with E-state index in [1.165, 1.54) is 0 Å². The monoisotopic (exact) mass is 503 g/mol. The minimum atomic E-state index is -0.273. The zero-order chi connectivity index (χ0) is 26.5. The van der Waals surface area contributed by atoms with Gasteiger partial charge in [-0.2, -0.15) is 0 Å². The SMILES string of the molecule is COc1ccc(NC(=O)c2ccc(N3C(=O)/C(=C/c4ccccc4OC)N=C3c3ccccc3)cc2)cc1. The number of para-hydroxylation sites is 1. The van der Waals surface area contributed by atoms with Crippen LogP contribution < -0.4 is 19.7 Å². The summed E-state index contributed by atoms with van der Waals surface area (Å²) in [5.41, 5.74) is 3.54. The van der Waals surface area contributed by atoms with Crippen LogP contribution in [0.4, 0.5) is 11.4 Å².